The van der Waals surface area contributed by atoms with E-state index in [1.807, 2.05) is 0 Å². The fourth-order valence-electron chi connectivity index (χ4n) is 2.03. The molecule has 2 rings (SSSR count). The molecule has 0 radical (unpaired) electrons. The minimum absolute atomic E-state index is 0.0433. The second kappa shape index (κ2) is 3.78. The zero-order valence-corrected chi connectivity index (χ0v) is 9.40. The molecule has 1 saturated heterocycles. The summed E-state index contributed by atoms with van der Waals surface area (Å²) >= 11 is 0. The maximum Gasteiger partial charge on any atom is 0.243 e. The molecule has 5 nitrogen and oxygen atoms in total. The van der Waals surface area contributed by atoms with Crippen LogP contribution in [0.3, 0.4) is 0 Å². The van der Waals surface area contributed by atoms with Gasteiger partial charge in [0.05, 0.1) is 6.07 Å². The Morgan fingerprint density at radius 2 is 1.62 bits per heavy atom. The smallest absolute Gasteiger partial charge is 0.243 e. The topological polar surface area (TPSA) is 64.4 Å². The molecule has 1 heterocycles. The summed E-state index contributed by atoms with van der Waals surface area (Å²) in [7, 11) is 0. The third-order valence-electron chi connectivity index (χ3n) is 3.39. The van der Waals surface area contributed by atoms with Gasteiger partial charge in [-0.05, 0) is 12.8 Å². The number of rotatable bonds is 1. The highest BCUT2D eigenvalue weighted by molar-refractivity contribution is 5.88. The van der Waals surface area contributed by atoms with Gasteiger partial charge in [0.2, 0.25) is 11.8 Å². The van der Waals surface area contributed by atoms with E-state index in [0.29, 0.717) is 39.0 Å². The van der Waals surface area contributed by atoms with E-state index in [1.165, 1.54) is 6.92 Å². The molecule has 86 valence electrons. The van der Waals surface area contributed by atoms with Crippen LogP contribution >= 0.6 is 0 Å². The number of nitrogens with zero attached hydrogens (tertiary/aromatic N) is 3. The molecule has 0 aromatic heterocycles. The summed E-state index contributed by atoms with van der Waals surface area (Å²) in [6.07, 6.45) is 1.38. The molecule has 1 aliphatic carbocycles. The van der Waals surface area contributed by atoms with Crippen LogP contribution in [0.4, 0.5) is 0 Å². The lowest BCUT2D eigenvalue weighted by Crippen LogP contribution is -2.51. The molecule has 5 heteroatoms. The molecule has 2 fully saturated rings. The van der Waals surface area contributed by atoms with Crippen molar-refractivity contribution in [2.24, 2.45) is 5.41 Å². The zero-order chi connectivity index (χ0) is 11.8. The fourth-order valence-corrected chi connectivity index (χ4v) is 2.03. The van der Waals surface area contributed by atoms with Gasteiger partial charge < -0.3 is 9.80 Å². The average Bonchev–Trinajstić information content (AvgIpc) is 3.09. The van der Waals surface area contributed by atoms with Gasteiger partial charge in [-0.2, -0.15) is 5.26 Å². The Hall–Kier alpha value is -1.57. The van der Waals surface area contributed by atoms with Crippen molar-refractivity contribution in [2.75, 3.05) is 26.2 Å². The molecule has 1 aliphatic heterocycles. The lowest BCUT2D eigenvalue weighted by molar-refractivity contribution is -0.140. The maximum absolute atomic E-state index is 12.0. The largest absolute Gasteiger partial charge is 0.339 e. The summed E-state index contributed by atoms with van der Waals surface area (Å²) in [6, 6.07) is 2.11. The molecular weight excluding hydrogens is 206 g/mol. The summed E-state index contributed by atoms with van der Waals surface area (Å²) in [5.41, 5.74) is -0.724. The number of piperazine rings is 1. The van der Waals surface area contributed by atoms with Gasteiger partial charge in [-0.25, -0.2) is 0 Å². The molecule has 2 aliphatic rings. The quantitative estimate of drug-likeness (QED) is 0.625. The normalized spacial score (nSPS) is 22.5. The van der Waals surface area contributed by atoms with E-state index in [9.17, 15) is 9.59 Å². The minimum Gasteiger partial charge on any atom is -0.339 e. The van der Waals surface area contributed by atoms with E-state index in [-0.39, 0.29) is 11.8 Å². The first kappa shape index (κ1) is 10.9. The van der Waals surface area contributed by atoms with E-state index in [1.54, 1.807) is 9.80 Å². The number of carbonyl (C=O) groups excluding carboxylic acids is 2. The molecule has 0 bridgehead atoms. The summed E-state index contributed by atoms with van der Waals surface area (Å²) in [5.74, 6) is 0.00622. The number of carbonyl (C=O) groups is 2. The zero-order valence-electron chi connectivity index (χ0n) is 9.40. The molecule has 0 atom stereocenters. The Labute approximate surface area is 94.6 Å². The molecule has 1 saturated carbocycles. The van der Waals surface area contributed by atoms with E-state index in [4.69, 9.17) is 5.26 Å². The van der Waals surface area contributed by atoms with Crippen LogP contribution in [-0.4, -0.2) is 47.8 Å². The standard InChI is InChI=1S/C11H15N3O2/c1-9(15)13-4-6-14(7-5-13)10(16)11(8-12)2-3-11/h2-7H2,1H3. The second-order valence-corrected chi connectivity index (χ2v) is 4.49. The van der Waals surface area contributed by atoms with Gasteiger partial charge in [-0.15, -0.1) is 0 Å². The predicted octanol–water partition coefficient (Wildman–Crippen LogP) is -0.0191. The first-order valence-corrected chi connectivity index (χ1v) is 5.55. The van der Waals surface area contributed by atoms with Crippen molar-refractivity contribution in [1.29, 1.82) is 5.26 Å². The minimum atomic E-state index is -0.724. The van der Waals surface area contributed by atoms with Crippen LogP contribution in [0.1, 0.15) is 19.8 Å². The fraction of sp³-hybridized carbons (Fsp3) is 0.727. The molecule has 2 amide bonds. The summed E-state index contributed by atoms with van der Waals surface area (Å²) in [6.45, 7) is 3.82. The number of hydrogen-bond acceptors (Lipinski definition) is 3. The lowest BCUT2D eigenvalue weighted by atomic mass is 10.1. The number of hydrogen-bond donors (Lipinski definition) is 0. The van der Waals surface area contributed by atoms with E-state index in [2.05, 4.69) is 6.07 Å². The van der Waals surface area contributed by atoms with Crippen LogP contribution in [0, 0.1) is 16.7 Å². The highest BCUT2D eigenvalue weighted by atomic mass is 16.2. The van der Waals surface area contributed by atoms with Gasteiger partial charge in [0.15, 0.2) is 0 Å². The van der Waals surface area contributed by atoms with Crippen molar-refractivity contribution in [1.82, 2.24) is 9.80 Å². The van der Waals surface area contributed by atoms with Crippen molar-refractivity contribution < 1.29 is 9.59 Å². The van der Waals surface area contributed by atoms with Gasteiger partial charge in [0, 0.05) is 33.1 Å². The highest BCUT2D eigenvalue weighted by Crippen LogP contribution is 2.46. The van der Waals surface area contributed by atoms with Crippen molar-refractivity contribution in [3.8, 4) is 6.07 Å². The molecular formula is C11H15N3O2. The Kier molecular flexibility index (Phi) is 2.58. The van der Waals surface area contributed by atoms with Gasteiger partial charge in [-0.3, -0.25) is 9.59 Å². The predicted molar refractivity (Wildman–Crippen MR) is 56.1 cm³/mol. The van der Waals surface area contributed by atoms with Crippen molar-refractivity contribution in [2.45, 2.75) is 19.8 Å². The summed E-state index contributed by atoms with van der Waals surface area (Å²) in [5, 5.41) is 8.94. The van der Waals surface area contributed by atoms with Crippen molar-refractivity contribution in [3.63, 3.8) is 0 Å². The third-order valence-corrected chi connectivity index (χ3v) is 3.39. The Balaban J connectivity index is 1.93. The van der Waals surface area contributed by atoms with Crippen LogP contribution in [0.25, 0.3) is 0 Å². The van der Waals surface area contributed by atoms with Crippen LogP contribution < -0.4 is 0 Å². The number of nitriles is 1. The van der Waals surface area contributed by atoms with Crippen molar-refractivity contribution in [3.05, 3.63) is 0 Å². The number of amides is 2. The van der Waals surface area contributed by atoms with Gasteiger partial charge in [-0.1, -0.05) is 0 Å². The first-order chi connectivity index (χ1) is 7.59. The molecule has 0 aromatic rings. The van der Waals surface area contributed by atoms with Gasteiger partial charge in [0.25, 0.3) is 0 Å². The van der Waals surface area contributed by atoms with E-state index in [0.717, 1.165) is 0 Å². The van der Waals surface area contributed by atoms with Crippen LogP contribution in [0.2, 0.25) is 0 Å². The van der Waals surface area contributed by atoms with E-state index >= 15 is 0 Å². The van der Waals surface area contributed by atoms with Crippen LogP contribution in [0.5, 0.6) is 0 Å². The Bertz CT molecular complexity index is 360. The van der Waals surface area contributed by atoms with Crippen LogP contribution in [-0.2, 0) is 9.59 Å². The van der Waals surface area contributed by atoms with Gasteiger partial charge >= 0.3 is 0 Å². The molecule has 16 heavy (non-hydrogen) atoms. The lowest BCUT2D eigenvalue weighted by Gasteiger charge is -2.35. The maximum atomic E-state index is 12.0. The summed E-state index contributed by atoms with van der Waals surface area (Å²) in [4.78, 5) is 26.6. The van der Waals surface area contributed by atoms with Crippen LogP contribution in [0.15, 0.2) is 0 Å². The summed E-state index contributed by atoms with van der Waals surface area (Å²) < 4.78 is 0. The molecule has 0 unspecified atom stereocenters. The second-order valence-electron chi connectivity index (χ2n) is 4.49. The molecule has 0 spiro atoms. The first-order valence-electron chi connectivity index (χ1n) is 5.55. The highest BCUT2D eigenvalue weighted by Gasteiger charge is 2.52. The third kappa shape index (κ3) is 1.75. The molecule has 0 N–H and O–H groups in total. The van der Waals surface area contributed by atoms with Gasteiger partial charge in [0.1, 0.15) is 5.41 Å². The van der Waals surface area contributed by atoms with Crippen molar-refractivity contribution >= 4 is 11.8 Å². The molecule has 0 aromatic carbocycles. The Morgan fingerprint density at radius 1 is 1.12 bits per heavy atom. The van der Waals surface area contributed by atoms with E-state index < -0.39 is 5.41 Å². The SMILES string of the molecule is CC(=O)N1CCN(C(=O)C2(C#N)CC2)CC1. The monoisotopic (exact) mass is 221 g/mol. The average molecular weight is 221 g/mol. The Morgan fingerprint density at radius 3 is 2.00 bits per heavy atom.